The molecule has 1 amide bonds. The van der Waals surface area contributed by atoms with Crippen molar-refractivity contribution in [3.63, 3.8) is 0 Å². The predicted molar refractivity (Wildman–Crippen MR) is 64.1 cm³/mol. The van der Waals surface area contributed by atoms with Crippen molar-refractivity contribution in [3.8, 4) is 0 Å². The van der Waals surface area contributed by atoms with E-state index in [0.717, 1.165) is 19.5 Å². The monoisotopic (exact) mass is 228 g/mol. The van der Waals surface area contributed by atoms with E-state index in [0.29, 0.717) is 18.4 Å². The number of carbonyl (C=O) groups excluding carboxylic acids is 1. The first kappa shape index (κ1) is 13.3. The third-order valence-corrected chi connectivity index (χ3v) is 2.73. The molecule has 1 aliphatic rings. The molecule has 94 valence electrons. The first-order chi connectivity index (χ1) is 7.31. The topological polar surface area (TPSA) is 55.6 Å². The summed E-state index contributed by atoms with van der Waals surface area (Å²) >= 11 is 0. The van der Waals surface area contributed by atoms with E-state index in [4.69, 9.17) is 10.5 Å². The van der Waals surface area contributed by atoms with Gasteiger partial charge in [-0.25, -0.2) is 4.79 Å². The number of hydrogen-bond acceptors (Lipinski definition) is 3. The van der Waals surface area contributed by atoms with E-state index in [2.05, 4.69) is 6.92 Å². The summed E-state index contributed by atoms with van der Waals surface area (Å²) in [5.74, 6) is 0.922. The van der Waals surface area contributed by atoms with E-state index in [1.54, 1.807) is 4.90 Å². The summed E-state index contributed by atoms with van der Waals surface area (Å²) in [5, 5.41) is 0. The Morgan fingerprint density at radius 3 is 2.56 bits per heavy atom. The Morgan fingerprint density at radius 1 is 1.44 bits per heavy atom. The number of nitrogens with two attached hydrogens (primary N) is 1. The second-order valence-electron chi connectivity index (χ2n) is 5.83. The smallest absolute Gasteiger partial charge is 0.410 e. The highest BCUT2D eigenvalue weighted by atomic mass is 16.6. The third kappa shape index (κ3) is 4.00. The lowest BCUT2D eigenvalue weighted by Crippen LogP contribution is -2.47. The Hall–Kier alpha value is -0.770. The van der Waals surface area contributed by atoms with Crippen molar-refractivity contribution in [2.45, 2.75) is 39.7 Å². The molecule has 1 rings (SSSR count). The molecule has 4 nitrogen and oxygen atoms in total. The van der Waals surface area contributed by atoms with Crippen LogP contribution in [0.1, 0.15) is 34.1 Å². The molecule has 0 spiro atoms. The minimum atomic E-state index is -0.421. The van der Waals surface area contributed by atoms with E-state index in [1.165, 1.54) is 0 Å². The van der Waals surface area contributed by atoms with Gasteiger partial charge in [-0.3, -0.25) is 0 Å². The molecule has 0 aromatic rings. The van der Waals surface area contributed by atoms with Crippen molar-refractivity contribution < 1.29 is 9.53 Å². The predicted octanol–water partition coefficient (Wildman–Crippen LogP) is 1.84. The Balaban J connectivity index is 2.55. The zero-order valence-corrected chi connectivity index (χ0v) is 10.8. The Morgan fingerprint density at radius 2 is 2.06 bits per heavy atom. The zero-order chi connectivity index (χ0) is 12.3. The molecule has 4 heteroatoms. The van der Waals surface area contributed by atoms with Crippen LogP contribution in [0.25, 0.3) is 0 Å². The highest BCUT2D eigenvalue weighted by Crippen LogP contribution is 2.22. The van der Waals surface area contributed by atoms with Crippen LogP contribution in [0.4, 0.5) is 4.79 Å². The van der Waals surface area contributed by atoms with Gasteiger partial charge in [0, 0.05) is 13.1 Å². The maximum absolute atomic E-state index is 11.9. The van der Waals surface area contributed by atoms with Gasteiger partial charge in [-0.2, -0.15) is 0 Å². The van der Waals surface area contributed by atoms with Crippen LogP contribution in [-0.2, 0) is 4.74 Å². The van der Waals surface area contributed by atoms with Crippen molar-refractivity contribution >= 4 is 6.09 Å². The molecule has 1 heterocycles. The second kappa shape index (κ2) is 5.04. The molecule has 1 fully saturated rings. The molecule has 2 N–H and O–H groups in total. The summed E-state index contributed by atoms with van der Waals surface area (Å²) in [4.78, 5) is 13.7. The van der Waals surface area contributed by atoms with Crippen molar-refractivity contribution in [2.75, 3.05) is 19.6 Å². The van der Waals surface area contributed by atoms with Crippen LogP contribution in [0.3, 0.4) is 0 Å². The Kier molecular flexibility index (Phi) is 4.19. The first-order valence-corrected chi connectivity index (χ1v) is 6.00. The Bertz CT molecular complexity index is 248. The molecule has 0 saturated carbocycles. The minimum Gasteiger partial charge on any atom is -0.444 e. The van der Waals surface area contributed by atoms with Gasteiger partial charge in [0.15, 0.2) is 0 Å². The number of rotatable bonds is 1. The van der Waals surface area contributed by atoms with Crippen molar-refractivity contribution in [2.24, 2.45) is 17.6 Å². The lowest BCUT2D eigenvalue weighted by Gasteiger charge is -2.36. The van der Waals surface area contributed by atoms with E-state index in [1.807, 2.05) is 20.8 Å². The molecule has 0 aromatic carbocycles. The maximum atomic E-state index is 11.9. The van der Waals surface area contributed by atoms with E-state index >= 15 is 0 Å². The second-order valence-corrected chi connectivity index (χ2v) is 5.83. The molecular weight excluding hydrogens is 204 g/mol. The van der Waals surface area contributed by atoms with Crippen LogP contribution in [0.5, 0.6) is 0 Å². The molecular formula is C12H24N2O2. The number of hydrogen-bond donors (Lipinski definition) is 1. The molecule has 2 unspecified atom stereocenters. The SMILES string of the molecule is CC1CC(CN)CN(C(=O)OC(C)(C)C)C1. The number of piperidine rings is 1. The van der Waals surface area contributed by atoms with Crippen molar-refractivity contribution in [1.29, 1.82) is 0 Å². The average Bonchev–Trinajstić information content (AvgIpc) is 2.14. The van der Waals surface area contributed by atoms with Crippen LogP contribution < -0.4 is 5.73 Å². The molecule has 2 atom stereocenters. The standard InChI is InChI=1S/C12H24N2O2/c1-9-5-10(6-13)8-14(7-9)11(15)16-12(2,3)4/h9-10H,5-8,13H2,1-4H3. The van der Waals surface area contributed by atoms with E-state index in [-0.39, 0.29) is 6.09 Å². The highest BCUT2D eigenvalue weighted by Gasteiger charge is 2.29. The summed E-state index contributed by atoms with van der Waals surface area (Å²) in [6.07, 6.45) is 0.896. The Labute approximate surface area is 98.1 Å². The fourth-order valence-electron chi connectivity index (χ4n) is 2.13. The lowest BCUT2D eigenvalue weighted by atomic mass is 9.91. The number of carbonyl (C=O) groups is 1. The first-order valence-electron chi connectivity index (χ1n) is 6.00. The van der Waals surface area contributed by atoms with Crippen LogP contribution in [0.15, 0.2) is 0 Å². The lowest BCUT2D eigenvalue weighted by molar-refractivity contribution is 0.0114. The number of nitrogens with zero attached hydrogens (tertiary/aromatic N) is 1. The quantitative estimate of drug-likeness (QED) is 0.745. The summed E-state index contributed by atoms with van der Waals surface area (Å²) in [6.45, 7) is 9.97. The van der Waals surface area contributed by atoms with Gasteiger partial charge in [-0.1, -0.05) is 6.92 Å². The van der Waals surface area contributed by atoms with Gasteiger partial charge in [0.05, 0.1) is 0 Å². The third-order valence-electron chi connectivity index (χ3n) is 2.73. The van der Waals surface area contributed by atoms with Gasteiger partial charge in [0.1, 0.15) is 5.60 Å². The normalized spacial score (nSPS) is 26.7. The maximum Gasteiger partial charge on any atom is 0.410 e. The summed E-state index contributed by atoms with van der Waals surface area (Å²) in [7, 11) is 0. The molecule has 0 bridgehead atoms. The van der Waals surface area contributed by atoms with Gasteiger partial charge in [-0.15, -0.1) is 0 Å². The van der Waals surface area contributed by atoms with Crippen LogP contribution in [-0.4, -0.2) is 36.2 Å². The zero-order valence-electron chi connectivity index (χ0n) is 10.8. The summed E-state index contributed by atoms with van der Waals surface area (Å²) in [6, 6.07) is 0. The molecule has 16 heavy (non-hydrogen) atoms. The average molecular weight is 228 g/mol. The fraction of sp³-hybridized carbons (Fsp3) is 0.917. The molecule has 1 saturated heterocycles. The van der Waals surface area contributed by atoms with Gasteiger partial charge in [0.25, 0.3) is 0 Å². The van der Waals surface area contributed by atoms with Gasteiger partial charge < -0.3 is 15.4 Å². The van der Waals surface area contributed by atoms with Crippen molar-refractivity contribution in [1.82, 2.24) is 4.90 Å². The molecule has 0 radical (unpaired) electrons. The number of likely N-dealkylation sites (tertiary alicyclic amines) is 1. The number of amides is 1. The molecule has 1 aliphatic heterocycles. The van der Waals surface area contributed by atoms with E-state index < -0.39 is 5.60 Å². The van der Waals surface area contributed by atoms with E-state index in [9.17, 15) is 4.79 Å². The highest BCUT2D eigenvalue weighted by molar-refractivity contribution is 5.68. The summed E-state index contributed by atoms with van der Waals surface area (Å²) < 4.78 is 5.36. The van der Waals surface area contributed by atoms with Crippen LogP contribution >= 0.6 is 0 Å². The molecule has 0 aliphatic carbocycles. The van der Waals surface area contributed by atoms with Gasteiger partial charge in [0.2, 0.25) is 0 Å². The fourth-order valence-corrected chi connectivity index (χ4v) is 2.13. The minimum absolute atomic E-state index is 0.211. The van der Waals surface area contributed by atoms with Gasteiger partial charge in [-0.05, 0) is 45.6 Å². The van der Waals surface area contributed by atoms with Crippen LogP contribution in [0, 0.1) is 11.8 Å². The van der Waals surface area contributed by atoms with Crippen LogP contribution in [0.2, 0.25) is 0 Å². The van der Waals surface area contributed by atoms with Gasteiger partial charge >= 0.3 is 6.09 Å². The molecule has 0 aromatic heterocycles. The summed E-state index contributed by atoms with van der Waals surface area (Å²) in [5.41, 5.74) is 5.26. The van der Waals surface area contributed by atoms with Crippen molar-refractivity contribution in [3.05, 3.63) is 0 Å². The largest absolute Gasteiger partial charge is 0.444 e. The number of ether oxygens (including phenoxy) is 1.